The summed E-state index contributed by atoms with van der Waals surface area (Å²) in [5.41, 5.74) is 2.89. The lowest BCUT2D eigenvalue weighted by Crippen LogP contribution is -2.41. The Balaban J connectivity index is 1.96. The number of rotatable bonds is 3. The third-order valence-electron chi connectivity index (χ3n) is 3.53. The molecule has 5 heteroatoms. The number of amides is 1. The number of aromatic nitrogens is 2. The number of carbonyl (C=O) groups is 1. The zero-order valence-corrected chi connectivity index (χ0v) is 11.4. The molecule has 102 valence electrons. The summed E-state index contributed by atoms with van der Waals surface area (Å²) in [5.74, 6) is 0.833. The molecule has 0 saturated carbocycles. The smallest absolute Gasteiger partial charge is 0.214 e. The van der Waals surface area contributed by atoms with E-state index in [4.69, 9.17) is 0 Å². The second kappa shape index (κ2) is 5.28. The first-order valence-electron chi connectivity index (χ1n) is 6.62. The topological polar surface area (TPSA) is 49.3 Å². The number of hydrogen-bond donors (Lipinski definition) is 0. The molecule has 1 amide bonds. The van der Waals surface area contributed by atoms with Gasteiger partial charge in [0, 0.05) is 19.6 Å². The van der Waals surface area contributed by atoms with Crippen LogP contribution in [0.4, 0.5) is 11.5 Å². The molecule has 0 bridgehead atoms. The second-order valence-corrected chi connectivity index (χ2v) is 4.84. The third kappa shape index (κ3) is 2.22. The lowest BCUT2D eigenvalue weighted by molar-refractivity contribution is -0.107. The average molecular weight is 268 g/mol. The Morgan fingerprint density at radius 3 is 2.75 bits per heavy atom. The van der Waals surface area contributed by atoms with E-state index in [1.807, 2.05) is 25.1 Å². The normalized spacial score (nSPS) is 14.1. The van der Waals surface area contributed by atoms with E-state index < -0.39 is 0 Å². The number of hydrogen-bond acceptors (Lipinski definition) is 4. The summed E-state index contributed by atoms with van der Waals surface area (Å²) in [7, 11) is 0. The van der Waals surface area contributed by atoms with Crippen molar-refractivity contribution < 1.29 is 4.79 Å². The molecule has 3 rings (SSSR count). The van der Waals surface area contributed by atoms with E-state index in [0.29, 0.717) is 6.54 Å². The van der Waals surface area contributed by atoms with Crippen LogP contribution in [0.3, 0.4) is 0 Å². The average Bonchev–Trinajstić information content (AvgIpc) is 2.49. The van der Waals surface area contributed by atoms with Gasteiger partial charge in [-0.1, -0.05) is 30.3 Å². The number of anilines is 2. The predicted molar refractivity (Wildman–Crippen MR) is 77.7 cm³/mol. The zero-order valence-electron chi connectivity index (χ0n) is 11.4. The van der Waals surface area contributed by atoms with Crippen LogP contribution in [-0.2, 0) is 11.3 Å². The van der Waals surface area contributed by atoms with Gasteiger partial charge in [0.25, 0.3) is 0 Å². The van der Waals surface area contributed by atoms with Crippen LogP contribution in [0.25, 0.3) is 0 Å². The maximum absolute atomic E-state index is 11.2. The maximum Gasteiger partial charge on any atom is 0.214 e. The van der Waals surface area contributed by atoms with E-state index in [-0.39, 0.29) is 0 Å². The van der Waals surface area contributed by atoms with Gasteiger partial charge in [0.15, 0.2) is 5.82 Å². The molecule has 0 unspecified atom stereocenters. The molecule has 0 N–H and O–H groups in total. The summed E-state index contributed by atoms with van der Waals surface area (Å²) >= 11 is 0. The van der Waals surface area contributed by atoms with Crippen molar-refractivity contribution in [3.05, 3.63) is 47.9 Å². The van der Waals surface area contributed by atoms with Crippen molar-refractivity contribution in [2.75, 3.05) is 22.9 Å². The Kier molecular flexibility index (Phi) is 3.33. The molecule has 1 aliphatic rings. The first-order valence-corrected chi connectivity index (χ1v) is 6.62. The van der Waals surface area contributed by atoms with Crippen LogP contribution in [-0.4, -0.2) is 29.5 Å². The fourth-order valence-electron chi connectivity index (χ4n) is 2.53. The minimum absolute atomic E-state index is 0.664. The summed E-state index contributed by atoms with van der Waals surface area (Å²) in [4.78, 5) is 23.6. The van der Waals surface area contributed by atoms with Gasteiger partial charge in [-0.3, -0.25) is 4.79 Å². The monoisotopic (exact) mass is 268 g/mol. The maximum atomic E-state index is 11.2. The highest BCUT2D eigenvalue weighted by atomic mass is 16.1. The Morgan fingerprint density at radius 2 is 2.00 bits per heavy atom. The fraction of sp³-hybridized carbons (Fsp3) is 0.267. The highest BCUT2D eigenvalue weighted by molar-refractivity contribution is 5.85. The van der Waals surface area contributed by atoms with Crippen molar-refractivity contribution >= 4 is 17.9 Å². The molecule has 20 heavy (non-hydrogen) atoms. The minimum Gasteiger partial charge on any atom is -0.349 e. The number of fused-ring (bicyclic) bond motifs is 1. The summed E-state index contributed by atoms with van der Waals surface area (Å²) in [6.45, 7) is 4.13. The molecule has 0 spiro atoms. The summed E-state index contributed by atoms with van der Waals surface area (Å²) in [6, 6.07) is 10.3. The lowest BCUT2D eigenvalue weighted by atomic mass is 10.1. The van der Waals surface area contributed by atoms with Gasteiger partial charge in [-0.05, 0) is 12.5 Å². The van der Waals surface area contributed by atoms with Gasteiger partial charge in [0.05, 0.1) is 5.69 Å². The molecule has 2 aromatic rings. The Labute approximate surface area is 117 Å². The third-order valence-corrected chi connectivity index (χ3v) is 3.53. The molecule has 1 aliphatic heterocycles. The second-order valence-electron chi connectivity index (χ2n) is 4.84. The molecule has 1 aromatic carbocycles. The highest BCUT2D eigenvalue weighted by Gasteiger charge is 2.25. The number of aryl methyl sites for hydroxylation is 1. The Hall–Kier alpha value is -2.43. The van der Waals surface area contributed by atoms with E-state index in [0.717, 1.165) is 36.7 Å². The highest BCUT2D eigenvalue weighted by Crippen LogP contribution is 2.32. The van der Waals surface area contributed by atoms with E-state index in [1.165, 1.54) is 5.56 Å². The predicted octanol–water partition coefficient (Wildman–Crippen LogP) is 1.77. The van der Waals surface area contributed by atoms with Crippen LogP contribution in [0, 0.1) is 6.92 Å². The van der Waals surface area contributed by atoms with Gasteiger partial charge in [-0.25, -0.2) is 9.97 Å². The number of benzene rings is 1. The molecular formula is C15H16N4O. The van der Waals surface area contributed by atoms with Gasteiger partial charge >= 0.3 is 0 Å². The molecular weight excluding hydrogens is 252 g/mol. The van der Waals surface area contributed by atoms with Crippen molar-refractivity contribution in [2.24, 2.45) is 0 Å². The SMILES string of the molecule is Cc1ncnc2c1N(C=O)CCN2Cc1ccccc1. The molecule has 0 fully saturated rings. The summed E-state index contributed by atoms with van der Waals surface area (Å²) < 4.78 is 0. The standard InChI is InChI=1S/C15H16N4O/c1-12-14-15(17-10-16-12)18(7-8-19(14)11-20)9-13-5-3-2-4-6-13/h2-6,10-11H,7-9H2,1H3. The van der Waals surface area contributed by atoms with Crippen molar-refractivity contribution in [1.29, 1.82) is 0 Å². The Bertz CT molecular complexity index is 615. The molecule has 0 saturated heterocycles. The van der Waals surface area contributed by atoms with Gasteiger partial charge < -0.3 is 9.80 Å². The van der Waals surface area contributed by atoms with Crippen LogP contribution >= 0.6 is 0 Å². The Morgan fingerprint density at radius 1 is 1.20 bits per heavy atom. The first kappa shape index (κ1) is 12.6. The van der Waals surface area contributed by atoms with Gasteiger partial charge in [-0.2, -0.15) is 0 Å². The molecule has 0 radical (unpaired) electrons. The molecule has 0 atom stereocenters. The van der Waals surface area contributed by atoms with Crippen LogP contribution in [0.2, 0.25) is 0 Å². The van der Waals surface area contributed by atoms with E-state index >= 15 is 0 Å². The molecule has 5 nitrogen and oxygen atoms in total. The van der Waals surface area contributed by atoms with Gasteiger partial charge in [0.2, 0.25) is 6.41 Å². The number of carbonyl (C=O) groups excluding carboxylic acids is 1. The number of nitrogens with zero attached hydrogens (tertiary/aromatic N) is 4. The van der Waals surface area contributed by atoms with Crippen LogP contribution in [0.15, 0.2) is 36.7 Å². The van der Waals surface area contributed by atoms with Crippen molar-refractivity contribution in [1.82, 2.24) is 9.97 Å². The van der Waals surface area contributed by atoms with E-state index in [9.17, 15) is 4.79 Å². The van der Waals surface area contributed by atoms with E-state index in [2.05, 4.69) is 27.0 Å². The first-order chi connectivity index (χ1) is 9.79. The summed E-state index contributed by atoms with van der Waals surface area (Å²) in [6.07, 6.45) is 2.41. The lowest BCUT2D eigenvalue weighted by Gasteiger charge is -2.35. The van der Waals surface area contributed by atoms with Crippen molar-refractivity contribution in [3.63, 3.8) is 0 Å². The van der Waals surface area contributed by atoms with E-state index in [1.54, 1.807) is 11.2 Å². The van der Waals surface area contributed by atoms with Gasteiger partial charge in [-0.15, -0.1) is 0 Å². The van der Waals surface area contributed by atoms with Crippen molar-refractivity contribution in [2.45, 2.75) is 13.5 Å². The fourth-order valence-corrected chi connectivity index (χ4v) is 2.53. The largest absolute Gasteiger partial charge is 0.349 e. The van der Waals surface area contributed by atoms with Crippen molar-refractivity contribution in [3.8, 4) is 0 Å². The molecule has 2 heterocycles. The minimum atomic E-state index is 0.664. The van der Waals surface area contributed by atoms with Crippen LogP contribution in [0.5, 0.6) is 0 Å². The molecule has 1 aromatic heterocycles. The molecule has 0 aliphatic carbocycles. The quantitative estimate of drug-likeness (QED) is 0.796. The zero-order chi connectivity index (χ0) is 13.9. The van der Waals surface area contributed by atoms with Crippen LogP contribution in [0.1, 0.15) is 11.3 Å². The van der Waals surface area contributed by atoms with Gasteiger partial charge in [0.1, 0.15) is 12.0 Å². The summed E-state index contributed by atoms with van der Waals surface area (Å²) in [5, 5.41) is 0. The van der Waals surface area contributed by atoms with Crippen LogP contribution < -0.4 is 9.80 Å².